The van der Waals surface area contributed by atoms with Crippen LogP contribution in [0.3, 0.4) is 0 Å². The number of halogens is 2. The summed E-state index contributed by atoms with van der Waals surface area (Å²) in [6, 6.07) is 1.51. The van der Waals surface area contributed by atoms with Gasteiger partial charge in [0, 0.05) is 27.2 Å². The first-order valence-electron chi connectivity index (χ1n) is 7.18. The number of nitrogens with zero attached hydrogens (tertiary/aromatic N) is 3. The van der Waals surface area contributed by atoms with E-state index in [2.05, 4.69) is 15.6 Å². The molecule has 2 N–H and O–H groups in total. The number of morpholine rings is 1. The van der Waals surface area contributed by atoms with Crippen molar-refractivity contribution in [2.75, 3.05) is 25.0 Å². The zero-order valence-electron chi connectivity index (χ0n) is 13.6. The first-order chi connectivity index (χ1) is 11.0. The van der Waals surface area contributed by atoms with E-state index in [-0.39, 0.29) is 41.8 Å². The fourth-order valence-electron chi connectivity index (χ4n) is 2.49. The Balaban J connectivity index is 0.00000156. The van der Waals surface area contributed by atoms with Gasteiger partial charge >= 0.3 is 5.69 Å². The maximum atomic E-state index is 12.2. The number of pyridine rings is 1. The topological polar surface area (TPSA) is 107 Å². The molecule has 3 heterocycles. The molecule has 0 aliphatic carbocycles. The van der Waals surface area contributed by atoms with E-state index in [1.165, 1.54) is 30.9 Å². The summed E-state index contributed by atoms with van der Waals surface area (Å²) in [5.74, 6) is -0.306. The molecule has 1 aliphatic heterocycles. The number of nitrogens with one attached hydrogen (secondary N) is 2. The average Bonchev–Trinajstić information content (AvgIpc) is 2.58. The second kappa shape index (κ2) is 8.43. The van der Waals surface area contributed by atoms with Crippen molar-refractivity contribution >= 4 is 47.4 Å². The molecule has 1 saturated heterocycles. The Kier molecular flexibility index (Phi) is 7.12. The van der Waals surface area contributed by atoms with Gasteiger partial charge in [-0.3, -0.25) is 18.7 Å². The number of aryl methyl sites for hydroxylation is 1. The summed E-state index contributed by atoms with van der Waals surface area (Å²) in [6.07, 6.45) is 0.831. The van der Waals surface area contributed by atoms with Gasteiger partial charge in [0.1, 0.15) is 11.8 Å². The Bertz CT molecular complexity index is 889. The minimum atomic E-state index is -0.581. The Labute approximate surface area is 155 Å². The zero-order valence-corrected chi connectivity index (χ0v) is 15.3. The summed E-state index contributed by atoms with van der Waals surface area (Å²) >= 11 is 0. The van der Waals surface area contributed by atoms with Crippen molar-refractivity contribution in [3.63, 3.8) is 0 Å². The lowest BCUT2D eigenvalue weighted by Gasteiger charge is -2.22. The van der Waals surface area contributed by atoms with E-state index in [9.17, 15) is 14.4 Å². The number of rotatable bonds is 2. The minimum Gasteiger partial charge on any atom is -0.366 e. The van der Waals surface area contributed by atoms with E-state index >= 15 is 0 Å². The molecule has 0 unspecified atom stereocenters. The molecular formula is C14H19Cl2N5O4. The van der Waals surface area contributed by atoms with Crippen molar-refractivity contribution in [2.24, 2.45) is 14.1 Å². The highest BCUT2D eigenvalue weighted by Gasteiger charge is 2.22. The summed E-state index contributed by atoms with van der Waals surface area (Å²) < 4.78 is 7.66. The molecular weight excluding hydrogens is 373 g/mol. The highest BCUT2D eigenvalue weighted by Crippen LogP contribution is 2.12. The fourth-order valence-corrected chi connectivity index (χ4v) is 2.49. The number of hydrogen-bond acceptors (Lipinski definition) is 6. The van der Waals surface area contributed by atoms with Crippen LogP contribution in [0.5, 0.6) is 0 Å². The van der Waals surface area contributed by atoms with Crippen molar-refractivity contribution in [1.29, 1.82) is 0 Å². The number of aromatic nitrogens is 3. The van der Waals surface area contributed by atoms with Crippen LogP contribution in [0.1, 0.15) is 0 Å². The second-order valence-electron chi connectivity index (χ2n) is 5.35. The Morgan fingerprint density at radius 3 is 2.68 bits per heavy atom. The Hall–Kier alpha value is -1.94. The standard InChI is InChI=1S/C14H17N5O4.2ClH/c1-18-11-9(13(21)19(2)14(18)22)5-8(6-16-11)17-12(20)10-7-15-3-4-23-10;;/h5-6,10,15H,3-4,7H2,1-2H3,(H,17,20);2*1H/t10-;;/m1../s1. The molecule has 0 saturated carbocycles. The van der Waals surface area contributed by atoms with Gasteiger partial charge < -0.3 is 15.4 Å². The van der Waals surface area contributed by atoms with E-state index < -0.39 is 17.4 Å². The molecule has 9 nitrogen and oxygen atoms in total. The summed E-state index contributed by atoms with van der Waals surface area (Å²) in [4.78, 5) is 40.3. The predicted molar refractivity (Wildman–Crippen MR) is 98.0 cm³/mol. The van der Waals surface area contributed by atoms with Gasteiger partial charge in [0.25, 0.3) is 11.5 Å². The molecule has 138 valence electrons. The van der Waals surface area contributed by atoms with Gasteiger partial charge in [0.15, 0.2) is 0 Å². The maximum absolute atomic E-state index is 12.2. The molecule has 3 rings (SSSR count). The van der Waals surface area contributed by atoms with Gasteiger partial charge in [0.05, 0.1) is 23.9 Å². The lowest BCUT2D eigenvalue weighted by atomic mass is 10.2. The van der Waals surface area contributed by atoms with E-state index in [1.807, 2.05) is 0 Å². The predicted octanol–water partition coefficient (Wildman–Crippen LogP) is -0.597. The average molecular weight is 392 g/mol. The van der Waals surface area contributed by atoms with E-state index in [0.29, 0.717) is 25.4 Å². The van der Waals surface area contributed by atoms with Gasteiger partial charge in [-0.05, 0) is 6.07 Å². The fraction of sp³-hybridized carbons (Fsp3) is 0.429. The Morgan fingerprint density at radius 2 is 2.04 bits per heavy atom. The third-order valence-electron chi connectivity index (χ3n) is 3.78. The van der Waals surface area contributed by atoms with Crippen molar-refractivity contribution in [1.82, 2.24) is 19.4 Å². The van der Waals surface area contributed by atoms with Crippen molar-refractivity contribution in [3.8, 4) is 0 Å². The van der Waals surface area contributed by atoms with Gasteiger partial charge in [0.2, 0.25) is 0 Å². The van der Waals surface area contributed by atoms with E-state index in [1.54, 1.807) is 0 Å². The molecule has 1 amide bonds. The van der Waals surface area contributed by atoms with Gasteiger partial charge in [-0.1, -0.05) is 0 Å². The number of carbonyl (C=O) groups is 1. The van der Waals surface area contributed by atoms with Gasteiger partial charge in [-0.25, -0.2) is 9.78 Å². The first-order valence-corrected chi connectivity index (χ1v) is 7.18. The second-order valence-corrected chi connectivity index (χ2v) is 5.35. The van der Waals surface area contributed by atoms with Gasteiger partial charge in [-0.2, -0.15) is 0 Å². The summed E-state index contributed by atoms with van der Waals surface area (Å²) in [5, 5.41) is 6.01. The summed E-state index contributed by atoms with van der Waals surface area (Å²) in [5.41, 5.74) is -0.255. The first kappa shape index (κ1) is 21.1. The zero-order chi connectivity index (χ0) is 16.6. The molecule has 1 fully saturated rings. The largest absolute Gasteiger partial charge is 0.366 e. The lowest BCUT2D eigenvalue weighted by molar-refractivity contribution is -0.128. The molecule has 0 bridgehead atoms. The number of carbonyl (C=O) groups excluding carboxylic acids is 1. The number of hydrogen-bond donors (Lipinski definition) is 2. The lowest BCUT2D eigenvalue weighted by Crippen LogP contribution is -2.45. The van der Waals surface area contributed by atoms with E-state index in [4.69, 9.17) is 4.74 Å². The van der Waals surface area contributed by atoms with Crippen molar-refractivity contribution in [2.45, 2.75) is 6.10 Å². The van der Waals surface area contributed by atoms with Crippen LogP contribution in [-0.2, 0) is 23.6 Å². The van der Waals surface area contributed by atoms with Crippen LogP contribution < -0.4 is 21.9 Å². The van der Waals surface area contributed by atoms with Crippen LogP contribution in [-0.4, -0.2) is 45.8 Å². The maximum Gasteiger partial charge on any atom is 0.332 e. The monoisotopic (exact) mass is 391 g/mol. The molecule has 2 aromatic rings. The number of amides is 1. The molecule has 11 heteroatoms. The number of ether oxygens (including phenoxy) is 1. The number of fused-ring (bicyclic) bond motifs is 1. The molecule has 0 radical (unpaired) electrons. The molecule has 1 atom stereocenters. The Morgan fingerprint density at radius 1 is 1.32 bits per heavy atom. The third kappa shape index (κ3) is 4.01. The highest BCUT2D eigenvalue weighted by molar-refractivity contribution is 5.95. The molecule has 0 aromatic carbocycles. The van der Waals surface area contributed by atoms with Crippen LogP contribution in [0.2, 0.25) is 0 Å². The van der Waals surface area contributed by atoms with Crippen molar-refractivity contribution in [3.05, 3.63) is 33.1 Å². The van der Waals surface area contributed by atoms with E-state index in [0.717, 1.165) is 4.57 Å². The highest BCUT2D eigenvalue weighted by atomic mass is 35.5. The normalized spacial score (nSPS) is 16.6. The third-order valence-corrected chi connectivity index (χ3v) is 3.78. The van der Waals surface area contributed by atoms with Crippen LogP contribution in [0, 0.1) is 0 Å². The SMILES string of the molecule is Cl.Cl.Cn1c(=O)c2cc(NC(=O)[C@H]3CNCCO3)cnc2n(C)c1=O. The van der Waals surface area contributed by atoms with Crippen LogP contribution in [0.15, 0.2) is 21.9 Å². The van der Waals surface area contributed by atoms with Gasteiger partial charge in [-0.15, -0.1) is 24.8 Å². The minimum absolute atomic E-state index is 0. The molecule has 1 aliphatic rings. The number of anilines is 1. The van der Waals surface area contributed by atoms with Crippen LogP contribution in [0.25, 0.3) is 11.0 Å². The van der Waals surface area contributed by atoms with Crippen LogP contribution >= 0.6 is 24.8 Å². The smallest absolute Gasteiger partial charge is 0.332 e. The molecule has 0 spiro atoms. The summed E-state index contributed by atoms with van der Waals surface area (Å²) in [7, 11) is 2.94. The molecule has 2 aromatic heterocycles. The summed E-state index contributed by atoms with van der Waals surface area (Å²) in [6.45, 7) is 1.62. The quantitative estimate of drug-likeness (QED) is 0.707. The van der Waals surface area contributed by atoms with Crippen molar-refractivity contribution < 1.29 is 9.53 Å². The molecule has 25 heavy (non-hydrogen) atoms. The van der Waals surface area contributed by atoms with Crippen LogP contribution in [0.4, 0.5) is 5.69 Å².